The number of anilines is 1. The number of halogens is 1. The van der Waals surface area contributed by atoms with E-state index < -0.39 is 0 Å². The Morgan fingerprint density at radius 1 is 1.56 bits per heavy atom. The van der Waals surface area contributed by atoms with Gasteiger partial charge in [0.05, 0.1) is 11.8 Å². The molecular weight excluding hydrogens is 222 g/mol. The summed E-state index contributed by atoms with van der Waals surface area (Å²) in [5.74, 6) is 0. The Labute approximate surface area is 101 Å². The highest BCUT2D eigenvalue weighted by Crippen LogP contribution is 2.24. The van der Waals surface area contributed by atoms with E-state index in [1.165, 1.54) is 0 Å². The van der Waals surface area contributed by atoms with E-state index >= 15 is 0 Å². The third-order valence-corrected chi connectivity index (χ3v) is 2.73. The lowest BCUT2D eigenvalue weighted by Crippen LogP contribution is -2.23. The summed E-state index contributed by atoms with van der Waals surface area (Å²) < 4.78 is 0. The average Bonchev–Trinajstić information content (AvgIpc) is 2.26. The molecule has 0 bridgehead atoms. The molecule has 3 nitrogen and oxygen atoms in total. The van der Waals surface area contributed by atoms with Crippen LogP contribution < -0.4 is 5.32 Å². The first-order valence-electron chi connectivity index (χ1n) is 5.26. The van der Waals surface area contributed by atoms with Gasteiger partial charge in [0.1, 0.15) is 0 Å². The van der Waals surface area contributed by atoms with Crippen LogP contribution in [0.25, 0.3) is 0 Å². The Balaban J connectivity index is 2.51. The maximum Gasteiger partial charge on any atom is 0.152 e. The van der Waals surface area contributed by atoms with Crippen LogP contribution in [0, 0.1) is 16.7 Å². The Morgan fingerprint density at radius 3 is 2.94 bits per heavy atom. The fourth-order valence-electron chi connectivity index (χ4n) is 1.34. The second kappa shape index (κ2) is 5.72. The molecule has 0 saturated heterocycles. The zero-order valence-electron chi connectivity index (χ0n) is 9.63. The van der Waals surface area contributed by atoms with Crippen LogP contribution >= 0.6 is 11.6 Å². The zero-order valence-corrected chi connectivity index (χ0v) is 10.4. The minimum Gasteiger partial charge on any atom is -0.382 e. The van der Waals surface area contributed by atoms with Crippen LogP contribution in [-0.4, -0.2) is 11.5 Å². The predicted molar refractivity (Wildman–Crippen MR) is 66.4 cm³/mol. The highest BCUT2D eigenvalue weighted by Gasteiger charge is 2.17. The van der Waals surface area contributed by atoms with Crippen molar-refractivity contribution >= 4 is 17.3 Å². The summed E-state index contributed by atoms with van der Waals surface area (Å²) in [5.41, 5.74) is 0.920. The summed E-state index contributed by atoms with van der Waals surface area (Å²) in [5, 5.41) is 12.3. The Bertz CT molecular complexity index is 382. The van der Waals surface area contributed by atoms with Crippen LogP contribution in [0.15, 0.2) is 18.3 Å². The molecule has 0 unspecified atom stereocenters. The summed E-state index contributed by atoms with van der Waals surface area (Å²) in [6, 6.07) is 5.91. The molecule has 1 heterocycles. The lowest BCUT2D eigenvalue weighted by molar-refractivity contribution is 0.364. The van der Waals surface area contributed by atoms with E-state index in [-0.39, 0.29) is 5.41 Å². The fourth-order valence-corrected chi connectivity index (χ4v) is 1.52. The molecule has 1 aromatic rings. The molecule has 0 aliphatic heterocycles. The maximum atomic E-state index is 8.56. The van der Waals surface area contributed by atoms with Crippen molar-refractivity contribution in [3.05, 3.63) is 23.5 Å². The Morgan fingerprint density at radius 2 is 2.31 bits per heavy atom. The number of aromatic nitrogens is 1. The van der Waals surface area contributed by atoms with Crippen molar-refractivity contribution in [2.45, 2.75) is 26.7 Å². The van der Waals surface area contributed by atoms with Crippen LogP contribution in [0.1, 0.15) is 26.7 Å². The summed E-state index contributed by atoms with van der Waals surface area (Å²) in [6.45, 7) is 5.03. The van der Waals surface area contributed by atoms with Gasteiger partial charge in [-0.3, -0.25) is 0 Å². The van der Waals surface area contributed by atoms with Gasteiger partial charge in [-0.15, -0.1) is 0 Å². The number of hydrogen-bond acceptors (Lipinski definition) is 3. The molecule has 1 rings (SSSR count). The highest BCUT2D eigenvalue weighted by atomic mass is 35.5. The van der Waals surface area contributed by atoms with E-state index in [1.807, 2.05) is 12.1 Å². The van der Waals surface area contributed by atoms with Crippen LogP contribution in [-0.2, 0) is 0 Å². The molecule has 86 valence electrons. The molecule has 0 spiro atoms. The molecule has 1 aromatic heterocycles. The van der Waals surface area contributed by atoms with Crippen molar-refractivity contribution in [3.63, 3.8) is 0 Å². The summed E-state index contributed by atoms with van der Waals surface area (Å²) in [6.07, 6.45) is 3.11. The third-order valence-electron chi connectivity index (χ3n) is 2.43. The predicted octanol–water partition coefficient (Wildman–Crippen LogP) is 3.48. The molecule has 4 heteroatoms. The van der Waals surface area contributed by atoms with Crippen LogP contribution in [0.2, 0.25) is 5.15 Å². The van der Waals surface area contributed by atoms with Gasteiger partial charge in [-0.05, 0) is 24.0 Å². The SMILES string of the molecule is CC(C)(CCC#N)CNc1cccnc1Cl. The van der Waals surface area contributed by atoms with Gasteiger partial charge in [0.2, 0.25) is 0 Å². The van der Waals surface area contributed by atoms with Gasteiger partial charge < -0.3 is 5.32 Å². The number of hydrogen-bond donors (Lipinski definition) is 1. The minimum atomic E-state index is 0.0783. The smallest absolute Gasteiger partial charge is 0.152 e. The van der Waals surface area contributed by atoms with Gasteiger partial charge in [0.25, 0.3) is 0 Å². The molecule has 0 fully saturated rings. The van der Waals surface area contributed by atoms with E-state index in [9.17, 15) is 0 Å². The lowest BCUT2D eigenvalue weighted by Gasteiger charge is -2.24. The molecular formula is C12H16ClN3. The lowest BCUT2D eigenvalue weighted by atomic mass is 9.88. The van der Waals surface area contributed by atoms with Crippen LogP contribution in [0.4, 0.5) is 5.69 Å². The number of pyridine rings is 1. The first kappa shape index (κ1) is 12.8. The molecule has 16 heavy (non-hydrogen) atoms. The first-order chi connectivity index (χ1) is 7.55. The quantitative estimate of drug-likeness (QED) is 0.798. The second-order valence-electron chi connectivity index (χ2n) is 4.52. The van der Waals surface area contributed by atoms with Gasteiger partial charge in [-0.25, -0.2) is 4.98 Å². The topological polar surface area (TPSA) is 48.7 Å². The normalized spacial score (nSPS) is 10.9. The minimum absolute atomic E-state index is 0.0783. The summed E-state index contributed by atoms with van der Waals surface area (Å²) in [4.78, 5) is 3.99. The molecule has 0 atom stereocenters. The average molecular weight is 238 g/mol. The summed E-state index contributed by atoms with van der Waals surface area (Å²) >= 11 is 5.93. The number of nitriles is 1. The van der Waals surface area contributed by atoms with Crippen molar-refractivity contribution in [1.29, 1.82) is 5.26 Å². The van der Waals surface area contributed by atoms with Crippen molar-refractivity contribution in [2.24, 2.45) is 5.41 Å². The van der Waals surface area contributed by atoms with Gasteiger partial charge >= 0.3 is 0 Å². The van der Waals surface area contributed by atoms with E-state index in [0.717, 1.165) is 18.7 Å². The number of rotatable bonds is 5. The van der Waals surface area contributed by atoms with E-state index in [0.29, 0.717) is 11.6 Å². The zero-order chi connectivity index (χ0) is 12.0. The van der Waals surface area contributed by atoms with E-state index in [4.69, 9.17) is 16.9 Å². The monoisotopic (exact) mass is 237 g/mol. The van der Waals surface area contributed by atoms with Gasteiger partial charge in [-0.2, -0.15) is 5.26 Å². The second-order valence-corrected chi connectivity index (χ2v) is 4.88. The van der Waals surface area contributed by atoms with Crippen molar-refractivity contribution in [2.75, 3.05) is 11.9 Å². The fraction of sp³-hybridized carbons (Fsp3) is 0.500. The largest absolute Gasteiger partial charge is 0.382 e. The van der Waals surface area contributed by atoms with Gasteiger partial charge in [-0.1, -0.05) is 25.4 Å². The third kappa shape index (κ3) is 4.08. The highest BCUT2D eigenvalue weighted by molar-refractivity contribution is 6.31. The van der Waals surface area contributed by atoms with E-state index in [1.54, 1.807) is 6.20 Å². The van der Waals surface area contributed by atoms with Crippen molar-refractivity contribution in [3.8, 4) is 6.07 Å². The van der Waals surface area contributed by atoms with E-state index in [2.05, 4.69) is 30.2 Å². The number of nitrogens with zero attached hydrogens (tertiary/aromatic N) is 2. The Hall–Kier alpha value is -1.27. The maximum absolute atomic E-state index is 8.56. The summed E-state index contributed by atoms with van der Waals surface area (Å²) in [7, 11) is 0. The van der Waals surface area contributed by atoms with Gasteiger partial charge in [0.15, 0.2) is 5.15 Å². The van der Waals surface area contributed by atoms with Crippen molar-refractivity contribution < 1.29 is 0 Å². The molecule has 0 saturated carbocycles. The molecule has 0 aliphatic rings. The van der Waals surface area contributed by atoms with Crippen molar-refractivity contribution in [1.82, 2.24) is 4.98 Å². The molecule has 0 amide bonds. The molecule has 1 N–H and O–H groups in total. The molecule has 0 aliphatic carbocycles. The Kier molecular flexibility index (Phi) is 4.57. The van der Waals surface area contributed by atoms with Crippen LogP contribution in [0.3, 0.4) is 0 Å². The van der Waals surface area contributed by atoms with Gasteiger partial charge in [0, 0.05) is 19.2 Å². The standard InChI is InChI=1S/C12H16ClN3/c1-12(2,6-4-7-14)9-16-10-5-3-8-15-11(10)13/h3,5,8,16H,4,6,9H2,1-2H3. The van der Waals surface area contributed by atoms with Crippen LogP contribution in [0.5, 0.6) is 0 Å². The number of nitrogens with one attached hydrogen (secondary N) is 1. The first-order valence-corrected chi connectivity index (χ1v) is 5.64. The molecule has 0 radical (unpaired) electrons. The molecule has 0 aromatic carbocycles.